The van der Waals surface area contributed by atoms with Crippen LogP contribution >= 0.6 is 0 Å². The van der Waals surface area contributed by atoms with E-state index in [4.69, 9.17) is 23.7 Å². The van der Waals surface area contributed by atoms with Crippen molar-refractivity contribution in [1.82, 2.24) is 0 Å². The summed E-state index contributed by atoms with van der Waals surface area (Å²) >= 11 is 0. The molecule has 11 nitrogen and oxygen atoms in total. The molecular formula is C48H62N4O7. The van der Waals surface area contributed by atoms with Gasteiger partial charge in [0, 0.05) is 0 Å². The van der Waals surface area contributed by atoms with Gasteiger partial charge in [0.2, 0.25) is 0 Å². The second kappa shape index (κ2) is 27.3. The highest BCUT2D eigenvalue weighted by Crippen LogP contribution is 2.24. The summed E-state index contributed by atoms with van der Waals surface area (Å²) in [6, 6.07) is 28.5. The van der Waals surface area contributed by atoms with E-state index in [9.17, 15) is 9.59 Å². The molecule has 0 heterocycles. The van der Waals surface area contributed by atoms with Gasteiger partial charge in [-0.3, -0.25) is 0 Å². The van der Waals surface area contributed by atoms with E-state index in [0.29, 0.717) is 47.1 Å². The van der Waals surface area contributed by atoms with E-state index in [-0.39, 0.29) is 13.2 Å². The van der Waals surface area contributed by atoms with Crippen molar-refractivity contribution in [3.63, 3.8) is 0 Å². The summed E-state index contributed by atoms with van der Waals surface area (Å²) in [5.74, 6) is 0.674. The van der Waals surface area contributed by atoms with Crippen molar-refractivity contribution in [3.8, 4) is 11.5 Å². The lowest BCUT2D eigenvalue weighted by Crippen LogP contribution is -2.25. The second-order valence-electron chi connectivity index (χ2n) is 14.7. The fraction of sp³-hybridized carbons (Fsp3) is 0.458. The highest BCUT2D eigenvalue weighted by molar-refractivity contribution is 5.90. The van der Waals surface area contributed by atoms with Gasteiger partial charge in [-0.25, -0.2) is 9.59 Å². The lowest BCUT2D eigenvalue weighted by atomic mass is 10.1. The summed E-state index contributed by atoms with van der Waals surface area (Å²) in [6.07, 6.45) is 13.7. The molecule has 316 valence electrons. The molecule has 0 aliphatic carbocycles. The van der Waals surface area contributed by atoms with Crippen LogP contribution < -0.4 is 9.47 Å². The van der Waals surface area contributed by atoms with E-state index >= 15 is 0 Å². The maximum Gasteiger partial charge on any atom is 0.338 e. The number of rotatable bonds is 28. The normalized spacial score (nSPS) is 12.4. The molecule has 0 aliphatic rings. The molecule has 4 aromatic rings. The van der Waals surface area contributed by atoms with Crippen LogP contribution in [0.1, 0.15) is 125 Å². The van der Waals surface area contributed by atoms with Crippen molar-refractivity contribution in [3.05, 3.63) is 108 Å². The predicted molar refractivity (Wildman–Crippen MR) is 232 cm³/mol. The van der Waals surface area contributed by atoms with Crippen LogP contribution in [0.2, 0.25) is 0 Å². The Labute approximate surface area is 350 Å². The fourth-order valence-corrected chi connectivity index (χ4v) is 5.89. The Bertz CT molecular complexity index is 1690. The average molecular weight is 807 g/mol. The van der Waals surface area contributed by atoms with E-state index in [2.05, 4.69) is 34.3 Å². The van der Waals surface area contributed by atoms with E-state index in [1.807, 2.05) is 48.5 Å². The first-order chi connectivity index (χ1) is 28.8. The number of carbonyl (C=O) groups excluding carboxylic acids is 2. The lowest BCUT2D eigenvalue weighted by Gasteiger charge is -2.17. The Morgan fingerprint density at radius 1 is 0.441 bits per heavy atom. The third-order valence-electron chi connectivity index (χ3n) is 9.30. The number of carbonyl (C=O) groups is 2. The standard InChI is InChI=1S/C48H62N4O7/c1-5-7-9-11-13-15-33-56-45-29-25-43(26-30-45)51-49-41-21-17-39(18-22-41)47(53)58-37(3)35-55-36-38(4)59-48(54)40-19-23-42(24-20-40)50-52-44-27-31-46(32-28-44)57-34-16-14-12-10-8-6-2/h17-32,37-38H,5-16,33-36H2,1-4H3/t37-,38+. The molecule has 0 radical (unpaired) electrons. The first kappa shape index (κ1) is 46.3. The summed E-state index contributed by atoms with van der Waals surface area (Å²) < 4.78 is 28.4. The topological polar surface area (TPSA) is 130 Å². The molecule has 0 saturated carbocycles. The summed E-state index contributed by atoms with van der Waals surface area (Å²) in [5, 5.41) is 17.1. The fourth-order valence-electron chi connectivity index (χ4n) is 5.89. The van der Waals surface area contributed by atoms with E-state index in [0.717, 1.165) is 24.3 Å². The summed E-state index contributed by atoms with van der Waals surface area (Å²) in [5.41, 5.74) is 3.38. The van der Waals surface area contributed by atoms with E-state index in [1.165, 1.54) is 64.2 Å². The number of hydrogen-bond donors (Lipinski definition) is 0. The molecule has 2 atom stereocenters. The monoisotopic (exact) mass is 806 g/mol. The number of azo groups is 2. The molecule has 0 aliphatic heterocycles. The van der Waals surface area contributed by atoms with Crippen molar-refractivity contribution in [2.24, 2.45) is 20.5 Å². The van der Waals surface area contributed by atoms with Crippen LogP contribution in [0.4, 0.5) is 22.7 Å². The second-order valence-corrected chi connectivity index (χ2v) is 14.7. The molecule has 0 unspecified atom stereocenters. The summed E-state index contributed by atoms with van der Waals surface area (Å²) in [4.78, 5) is 25.4. The molecule has 59 heavy (non-hydrogen) atoms. The van der Waals surface area contributed by atoms with Crippen LogP contribution in [0.5, 0.6) is 11.5 Å². The SMILES string of the molecule is CCCCCCCCOc1ccc(N=Nc2ccc(C(=O)O[C@H](C)COC[C@H](C)OC(=O)c3ccc(N=Nc4ccc(OCCCCCCCC)cc4)cc3)cc2)cc1. The van der Waals surface area contributed by atoms with Crippen LogP contribution in [-0.2, 0) is 14.2 Å². The predicted octanol–water partition coefficient (Wildman–Crippen LogP) is 13.8. The minimum atomic E-state index is -0.523. The van der Waals surface area contributed by atoms with Gasteiger partial charge in [-0.15, -0.1) is 0 Å². The first-order valence-electron chi connectivity index (χ1n) is 21.3. The van der Waals surface area contributed by atoms with Gasteiger partial charge in [0.05, 0.1) is 60.3 Å². The van der Waals surface area contributed by atoms with Crippen LogP contribution in [0.3, 0.4) is 0 Å². The minimum Gasteiger partial charge on any atom is -0.494 e. The maximum atomic E-state index is 12.7. The van der Waals surface area contributed by atoms with Gasteiger partial charge in [-0.1, -0.05) is 78.1 Å². The third-order valence-corrected chi connectivity index (χ3v) is 9.30. The number of ether oxygens (including phenoxy) is 5. The maximum absolute atomic E-state index is 12.7. The van der Waals surface area contributed by atoms with Gasteiger partial charge < -0.3 is 23.7 Å². The van der Waals surface area contributed by atoms with Gasteiger partial charge in [0.25, 0.3) is 0 Å². The van der Waals surface area contributed by atoms with Gasteiger partial charge >= 0.3 is 11.9 Å². The highest BCUT2D eigenvalue weighted by Gasteiger charge is 2.16. The van der Waals surface area contributed by atoms with Crippen molar-refractivity contribution in [1.29, 1.82) is 0 Å². The molecule has 4 aromatic carbocycles. The van der Waals surface area contributed by atoms with Crippen LogP contribution in [0, 0.1) is 0 Å². The molecule has 4 rings (SSSR count). The molecule has 0 amide bonds. The molecule has 0 spiro atoms. The Morgan fingerprint density at radius 2 is 0.746 bits per heavy atom. The molecular weight excluding hydrogens is 745 g/mol. The van der Waals surface area contributed by atoms with Crippen LogP contribution in [0.25, 0.3) is 0 Å². The molecule has 0 saturated heterocycles. The molecule has 0 aromatic heterocycles. The number of benzene rings is 4. The molecule has 0 bridgehead atoms. The zero-order valence-electron chi connectivity index (χ0n) is 35.4. The van der Waals surface area contributed by atoms with Crippen molar-refractivity contribution >= 4 is 34.7 Å². The largest absolute Gasteiger partial charge is 0.494 e. The number of unbranched alkanes of at least 4 members (excludes halogenated alkanes) is 10. The Hall–Kier alpha value is -5.42. The Kier molecular flexibility index (Phi) is 21.4. The number of hydrogen-bond acceptors (Lipinski definition) is 11. The Morgan fingerprint density at radius 3 is 1.08 bits per heavy atom. The first-order valence-corrected chi connectivity index (χ1v) is 21.3. The number of nitrogens with zero attached hydrogens (tertiary/aromatic N) is 4. The Balaban J connectivity index is 1.09. The van der Waals surface area contributed by atoms with E-state index < -0.39 is 24.1 Å². The number of esters is 2. The quantitative estimate of drug-likeness (QED) is 0.0317. The van der Waals surface area contributed by atoms with E-state index in [1.54, 1.807) is 62.4 Å². The minimum absolute atomic E-state index is 0.136. The third kappa shape index (κ3) is 18.8. The smallest absolute Gasteiger partial charge is 0.338 e. The molecule has 0 N–H and O–H groups in total. The zero-order chi connectivity index (χ0) is 41.9. The summed E-state index contributed by atoms with van der Waals surface area (Å²) in [7, 11) is 0. The van der Waals surface area contributed by atoms with Gasteiger partial charge in [-0.05, 0) is 124 Å². The van der Waals surface area contributed by atoms with Crippen molar-refractivity contribution < 1.29 is 33.3 Å². The average Bonchev–Trinajstić information content (AvgIpc) is 3.25. The van der Waals surface area contributed by atoms with Crippen molar-refractivity contribution in [2.45, 2.75) is 117 Å². The zero-order valence-corrected chi connectivity index (χ0v) is 35.4. The molecule has 0 fully saturated rings. The molecule has 11 heteroatoms. The highest BCUT2D eigenvalue weighted by atomic mass is 16.6. The van der Waals surface area contributed by atoms with Gasteiger partial charge in [-0.2, -0.15) is 20.5 Å². The van der Waals surface area contributed by atoms with Crippen LogP contribution in [-0.4, -0.2) is 50.6 Å². The van der Waals surface area contributed by atoms with Crippen LogP contribution in [0.15, 0.2) is 118 Å². The summed E-state index contributed by atoms with van der Waals surface area (Å²) in [6.45, 7) is 9.62. The van der Waals surface area contributed by atoms with Gasteiger partial charge in [0.15, 0.2) is 0 Å². The lowest BCUT2D eigenvalue weighted by molar-refractivity contribution is -0.0262. The van der Waals surface area contributed by atoms with Gasteiger partial charge in [0.1, 0.15) is 23.7 Å². The van der Waals surface area contributed by atoms with Crippen molar-refractivity contribution in [2.75, 3.05) is 26.4 Å².